The SMILES string of the molecule is CCCN(CCC)c1cc2c(=O)[nH]c(C)nc2cc1F. The zero-order valence-electron chi connectivity index (χ0n) is 12.2. The fraction of sp³-hybridized carbons (Fsp3) is 0.467. The summed E-state index contributed by atoms with van der Waals surface area (Å²) in [5.74, 6) is 0.172. The summed E-state index contributed by atoms with van der Waals surface area (Å²) in [6.07, 6.45) is 1.86. The maximum absolute atomic E-state index is 14.3. The fourth-order valence-electron chi connectivity index (χ4n) is 2.40. The molecule has 2 rings (SSSR count). The lowest BCUT2D eigenvalue weighted by atomic mass is 10.2. The first-order valence-corrected chi connectivity index (χ1v) is 7.02. The molecule has 4 nitrogen and oxygen atoms in total. The Kier molecular flexibility index (Phi) is 4.37. The van der Waals surface area contributed by atoms with Gasteiger partial charge in [0.15, 0.2) is 0 Å². The van der Waals surface area contributed by atoms with Gasteiger partial charge in [-0.1, -0.05) is 13.8 Å². The molecule has 0 atom stereocenters. The van der Waals surface area contributed by atoms with E-state index in [2.05, 4.69) is 23.8 Å². The van der Waals surface area contributed by atoms with Crippen molar-refractivity contribution in [1.29, 1.82) is 0 Å². The van der Waals surface area contributed by atoms with Crippen LogP contribution < -0.4 is 10.5 Å². The van der Waals surface area contributed by atoms with Crippen LogP contribution in [0.5, 0.6) is 0 Å². The third-order valence-electron chi connectivity index (χ3n) is 3.22. The zero-order chi connectivity index (χ0) is 14.7. The number of halogens is 1. The van der Waals surface area contributed by atoms with Crippen LogP contribution >= 0.6 is 0 Å². The van der Waals surface area contributed by atoms with E-state index in [0.717, 1.165) is 25.9 Å². The van der Waals surface area contributed by atoms with Gasteiger partial charge in [-0.05, 0) is 25.8 Å². The molecule has 5 heteroatoms. The van der Waals surface area contributed by atoms with E-state index in [4.69, 9.17) is 0 Å². The molecule has 0 amide bonds. The van der Waals surface area contributed by atoms with Gasteiger partial charge in [0.2, 0.25) is 0 Å². The predicted molar refractivity (Wildman–Crippen MR) is 79.9 cm³/mol. The first-order chi connectivity index (χ1) is 9.56. The molecular formula is C15H20FN3O. The minimum atomic E-state index is -0.322. The second-order valence-electron chi connectivity index (χ2n) is 4.96. The lowest BCUT2D eigenvalue weighted by Gasteiger charge is -2.24. The molecule has 0 fully saturated rings. The summed E-state index contributed by atoms with van der Waals surface area (Å²) in [5.41, 5.74) is 0.666. The Morgan fingerprint density at radius 2 is 1.90 bits per heavy atom. The number of rotatable bonds is 5. The third kappa shape index (κ3) is 2.81. The van der Waals surface area contributed by atoms with E-state index in [1.165, 1.54) is 6.07 Å². The summed E-state index contributed by atoms with van der Waals surface area (Å²) in [7, 11) is 0. The number of fused-ring (bicyclic) bond motifs is 1. The summed E-state index contributed by atoms with van der Waals surface area (Å²) in [6, 6.07) is 2.96. The Bertz CT molecular complexity index is 660. The molecule has 20 heavy (non-hydrogen) atoms. The van der Waals surface area contributed by atoms with Crippen molar-refractivity contribution in [1.82, 2.24) is 9.97 Å². The van der Waals surface area contributed by atoms with Crippen LogP contribution in [0.1, 0.15) is 32.5 Å². The van der Waals surface area contributed by atoms with Crippen LogP contribution in [0.15, 0.2) is 16.9 Å². The van der Waals surface area contributed by atoms with E-state index in [-0.39, 0.29) is 11.4 Å². The predicted octanol–water partition coefficient (Wildman–Crippen LogP) is 3.00. The van der Waals surface area contributed by atoms with E-state index in [0.29, 0.717) is 22.4 Å². The van der Waals surface area contributed by atoms with Gasteiger partial charge in [0.05, 0.1) is 16.6 Å². The molecule has 1 heterocycles. The molecule has 2 aromatic rings. The average molecular weight is 277 g/mol. The third-order valence-corrected chi connectivity index (χ3v) is 3.22. The minimum absolute atomic E-state index is 0.221. The van der Waals surface area contributed by atoms with Gasteiger partial charge >= 0.3 is 0 Å². The highest BCUT2D eigenvalue weighted by molar-refractivity contribution is 5.82. The van der Waals surface area contributed by atoms with Crippen LogP contribution in [0.25, 0.3) is 10.9 Å². The van der Waals surface area contributed by atoms with Gasteiger partial charge in [-0.3, -0.25) is 4.79 Å². The lowest BCUT2D eigenvalue weighted by Crippen LogP contribution is -2.26. The van der Waals surface area contributed by atoms with E-state index in [1.54, 1.807) is 13.0 Å². The van der Waals surface area contributed by atoms with Gasteiger partial charge in [-0.15, -0.1) is 0 Å². The molecule has 0 spiro atoms. The Hall–Kier alpha value is -1.91. The molecule has 0 radical (unpaired) electrons. The molecular weight excluding hydrogens is 257 g/mol. The molecule has 108 valence electrons. The summed E-state index contributed by atoms with van der Waals surface area (Å²) >= 11 is 0. The Morgan fingerprint density at radius 1 is 1.25 bits per heavy atom. The van der Waals surface area contributed by atoms with Crippen molar-refractivity contribution in [2.75, 3.05) is 18.0 Å². The number of aryl methyl sites for hydroxylation is 1. The van der Waals surface area contributed by atoms with E-state index in [1.807, 2.05) is 4.90 Å². The molecule has 0 aliphatic rings. The van der Waals surface area contributed by atoms with Crippen LogP contribution in [0.4, 0.5) is 10.1 Å². The van der Waals surface area contributed by atoms with Crippen molar-refractivity contribution < 1.29 is 4.39 Å². The quantitative estimate of drug-likeness (QED) is 0.914. The first kappa shape index (κ1) is 14.5. The first-order valence-electron chi connectivity index (χ1n) is 7.02. The van der Waals surface area contributed by atoms with Crippen LogP contribution in [-0.4, -0.2) is 23.1 Å². The van der Waals surface area contributed by atoms with Crippen molar-refractivity contribution in [2.24, 2.45) is 0 Å². The number of hydrogen-bond donors (Lipinski definition) is 1. The van der Waals surface area contributed by atoms with Crippen molar-refractivity contribution in [2.45, 2.75) is 33.6 Å². The monoisotopic (exact) mass is 277 g/mol. The topological polar surface area (TPSA) is 49.0 Å². The molecule has 0 unspecified atom stereocenters. The minimum Gasteiger partial charge on any atom is -0.369 e. The van der Waals surface area contributed by atoms with Gasteiger partial charge in [0.1, 0.15) is 11.6 Å². The highest BCUT2D eigenvalue weighted by Crippen LogP contribution is 2.24. The summed E-state index contributed by atoms with van der Waals surface area (Å²) in [6.45, 7) is 7.34. The summed E-state index contributed by atoms with van der Waals surface area (Å²) < 4.78 is 14.3. The van der Waals surface area contributed by atoms with Crippen LogP contribution in [-0.2, 0) is 0 Å². The second-order valence-corrected chi connectivity index (χ2v) is 4.96. The number of H-pyrrole nitrogens is 1. The highest BCUT2D eigenvalue weighted by atomic mass is 19.1. The molecule has 0 saturated carbocycles. The molecule has 0 saturated heterocycles. The lowest BCUT2D eigenvalue weighted by molar-refractivity contribution is 0.614. The molecule has 1 N–H and O–H groups in total. The Balaban J connectivity index is 2.59. The summed E-state index contributed by atoms with van der Waals surface area (Å²) in [4.78, 5) is 20.8. The van der Waals surface area contributed by atoms with Crippen LogP contribution in [0.3, 0.4) is 0 Å². The van der Waals surface area contributed by atoms with Gasteiger partial charge in [-0.2, -0.15) is 0 Å². The van der Waals surface area contributed by atoms with Gasteiger partial charge < -0.3 is 9.88 Å². The number of nitrogens with zero attached hydrogens (tertiary/aromatic N) is 2. The summed E-state index contributed by atoms with van der Waals surface area (Å²) in [5, 5.41) is 0.434. The van der Waals surface area contributed by atoms with Gasteiger partial charge in [0, 0.05) is 19.2 Å². The molecule has 1 aromatic heterocycles. The molecule has 0 aliphatic carbocycles. The number of hydrogen-bond acceptors (Lipinski definition) is 3. The largest absolute Gasteiger partial charge is 0.369 e. The maximum atomic E-state index is 14.3. The van der Waals surface area contributed by atoms with Gasteiger partial charge in [-0.25, -0.2) is 9.37 Å². The molecule has 0 aliphatic heterocycles. The molecule has 0 bridgehead atoms. The number of aromatic amines is 1. The van der Waals surface area contributed by atoms with Crippen LogP contribution in [0.2, 0.25) is 0 Å². The average Bonchev–Trinajstić information content (AvgIpc) is 2.37. The van der Waals surface area contributed by atoms with Gasteiger partial charge in [0.25, 0.3) is 5.56 Å². The van der Waals surface area contributed by atoms with E-state index >= 15 is 0 Å². The standard InChI is InChI=1S/C15H20FN3O/c1-4-6-19(7-5-2)14-8-11-13(9-12(14)16)17-10(3)18-15(11)20/h8-9H,4-7H2,1-3H3,(H,17,18,20). The van der Waals surface area contributed by atoms with E-state index in [9.17, 15) is 9.18 Å². The highest BCUT2D eigenvalue weighted by Gasteiger charge is 2.14. The number of aromatic nitrogens is 2. The number of anilines is 1. The second kappa shape index (κ2) is 6.03. The number of benzene rings is 1. The van der Waals surface area contributed by atoms with Crippen molar-refractivity contribution >= 4 is 16.6 Å². The van der Waals surface area contributed by atoms with Crippen molar-refractivity contribution in [3.63, 3.8) is 0 Å². The zero-order valence-corrected chi connectivity index (χ0v) is 12.2. The number of nitrogens with one attached hydrogen (secondary N) is 1. The Morgan fingerprint density at radius 3 is 2.50 bits per heavy atom. The smallest absolute Gasteiger partial charge is 0.258 e. The normalized spacial score (nSPS) is 11.0. The Labute approximate surface area is 117 Å². The maximum Gasteiger partial charge on any atom is 0.258 e. The van der Waals surface area contributed by atoms with E-state index < -0.39 is 0 Å². The van der Waals surface area contributed by atoms with Crippen molar-refractivity contribution in [3.05, 3.63) is 34.1 Å². The van der Waals surface area contributed by atoms with Crippen LogP contribution in [0, 0.1) is 12.7 Å². The van der Waals surface area contributed by atoms with Crippen molar-refractivity contribution in [3.8, 4) is 0 Å². The molecule has 1 aromatic carbocycles. The fourth-order valence-corrected chi connectivity index (χ4v) is 2.40.